The van der Waals surface area contributed by atoms with Crippen LogP contribution in [-0.2, 0) is 4.79 Å². The van der Waals surface area contributed by atoms with Gasteiger partial charge in [0.05, 0.1) is 11.4 Å². The number of thioether (sulfide) groups is 1. The Hall–Kier alpha value is -1.96. The Morgan fingerprint density at radius 3 is 2.76 bits per heavy atom. The van der Waals surface area contributed by atoms with E-state index in [1.807, 2.05) is 0 Å². The van der Waals surface area contributed by atoms with Gasteiger partial charge in [0.2, 0.25) is 0 Å². The molecule has 2 aromatic rings. The first kappa shape index (κ1) is 14.0. The van der Waals surface area contributed by atoms with Crippen molar-refractivity contribution in [3.8, 4) is 5.69 Å². The van der Waals surface area contributed by atoms with Gasteiger partial charge in [-0.15, -0.1) is 10.2 Å². The summed E-state index contributed by atoms with van der Waals surface area (Å²) in [5.74, 6) is -1.81. The van der Waals surface area contributed by atoms with Gasteiger partial charge in [-0.25, -0.2) is 8.78 Å². The van der Waals surface area contributed by atoms with Crippen molar-refractivity contribution in [1.29, 1.82) is 0 Å². The SMILES string of the molecule is O=C(O)CSc1nnc(C2CC2)n1-c1ccc(F)cc1F. The summed E-state index contributed by atoms with van der Waals surface area (Å²) in [5.41, 5.74) is 0.135. The van der Waals surface area contributed by atoms with Crippen LogP contribution in [0.3, 0.4) is 0 Å². The summed E-state index contributed by atoms with van der Waals surface area (Å²) in [7, 11) is 0. The molecular formula is C13H11F2N3O2S. The first-order chi connectivity index (χ1) is 10.1. The van der Waals surface area contributed by atoms with Crippen LogP contribution in [0.4, 0.5) is 8.78 Å². The van der Waals surface area contributed by atoms with Crippen molar-refractivity contribution in [3.05, 3.63) is 35.7 Å². The van der Waals surface area contributed by atoms with Gasteiger partial charge in [0.1, 0.15) is 17.5 Å². The highest BCUT2D eigenvalue weighted by Gasteiger charge is 2.31. The second-order valence-corrected chi connectivity index (χ2v) is 5.67. The molecule has 0 saturated heterocycles. The maximum Gasteiger partial charge on any atom is 0.313 e. The molecule has 1 fully saturated rings. The Bertz CT molecular complexity index is 701. The minimum absolute atomic E-state index is 0.135. The Morgan fingerprint density at radius 1 is 1.38 bits per heavy atom. The molecule has 0 atom stereocenters. The van der Waals surface area contributed by atoms with Crippen molar-refractivity contribution in [2.45, 2.75) is 23.9 Å². The third-order valence-corrected chi connectivity index (χ3v) is 3.99. The first-order valence-electron chi connectivity index (χ1n) is 6.31. The number of halogens is 2. The Balaban J connectivity index is 2.05. The van der Waals surface area contributed by atoms with E-state index in [1.165, 1.54) is 10.6 Å². The van der Waals surface area contributed by atoms with Crippen molar-refractivity contribution in [2.24, 2.45) is 0 Å². The largest absolute Gasteiger partial charge is 0.481 e. The van der Waals surface area contributed by atoms with E-state index >= 15 is 0 Å². The maximum atomic E-state index is 14.0. The van der Waals surface area contributed by atoms with Crippen molar-refractivity contribution >= 4 is 17.7 Å². The molecule has 0 amide bonds. The van der Waals surface area contributed by atoms with Gasteiger partial charge in [-0.3, -0.25) is 9.36 Å². The monoisotopic (exact) mass is 311 g/mol. The number of aliphatic carboxylic acids is 1. The zero-order valence-electron chi connectivity index (χ0n) is 10.8. The number of aromatic nitrogens is 3. The van der Waals surface area contributed by atoms with Gasteiger partial charge < -0.3 is 5.11 Å². The highest BCUT2D eigenvalue weighted by atomic mass is 32.2. The van der Waals surface area contributed by atoms with E-state index in [9.17, 15) is 13.6 Å². The highest BCUT2D eigenvalue weighted by molar-refractivity contribution is 7.99. The molecule has 21 heavy (non-hydrogen) atoms. The molecule has 1 heterocycles. The number of nitrogens with zero attached hydrogens (tertiary/aromatic N) is 3. The average molecular weight is 311 g/mol. The van der Waals surface area contributed by atoms with Crippen LogP contribution in [0.15, 0.2) is 23.4 Å². The molecule has 110 valence electrons. The van der Waals surface area contributed by atoms with Gasteiger partial charge in [-0.05, 0) is 25.0 Å². The summed E-state index contributed by atoms with van der Waals surface area (Å²) in [6.45, 7) is 0. The lowest BCUT2D eigenvalue weighted by molar-refractivity contribution is -0.133. The van der Waals surface area contributed by atoms with Crippen molar-refractivity contribution < 1.29 is 18.7 Å². The molecule has 0 spiro atoms. The van der Waals surface area contributed by atoms with Crippen molar-refractivity contribution in [1.82, 2.24) is 14.8 Å². The van der Waals surface area contributed by atoms with E-state index in [-0.39, 0.29) is 17.4 Å². The summed E-state index contributed by atoms with van der Waals surface area (Å²) < 4.78 is 28.6. The van der Waals surface area contributed by atoms with E-state index in [1.54, 1.807) is 0 Å². The molecular weight excluding hydrogens is 300 g/mol. The second kappa shape index (κ2) is 5.44. The third kappa shape index (κ3) is 2.90. The number of carboxylic acids is 1. The van der Waals surface area contributed by atoms with Gasteiger partial charge in [0.15, 0.2) is 5.16 Å². The van der Waals surface area contributed by atoms with Crippen LogP contribution < -0.4 is 0 Å². The molecule has 1 N–H and O–H groups in total. The highest BCUT2D eigenvalue weighted by Crippen LogP contribution is 2.41. The molecule has 1 aliphatic rings. The Kier molecular flexibility index (Phi) is 3.62. The van der Waals surface area contributed by atoms with Crippen LogP contribution in [0.5, 0.6) is 0 Å². The lowest BCUT2D eigenvalue weighted by Gasteiger charge is -2.10. The predicted molar refractivity (Wildman–Crippen MR) is 71.6 cm³/mol. The van der Waals surface area contributed by atoms with E-state index in [0.717, 1.165) is 36.7 Å². The van der Waals surface area contributed by atoms with E-state index in [0.29, 0.717) is 11.0 Å². The molecule has 5 nitrogen and oxygen atoms in total. The molecule has 8 heteroatoms. The van der Waals surface area contributed by atoms with Gasteiger partial charge >= 0.3 is 5.97 Å². The molecule has 0 bridgehead atoms. The van der Waals surface area contributed by atoms with Crippen LogP contribution in [0.2, 0.25) is 0 Å². The van der Waals surface area contributed by atoms with Crippen LogP contribution in [0, 0.1) is 11.6 Å². The smallest absolute Gasteiger partial charge is 0.313 e. The fraction of sp³-hybridized carbons (Fsp3) is 0.308. The minimum atomic E-state index is -0.998. The number of carbonyl (C=O) groups is 1. The fourth-order valence-electron chi connectivity index (χ4n) is 2.00. The first-order valence-corrected chi connectivity index (χ1v) is 7.30. The van der Waals surface area contributed by atoms with E-state index in [4.69, 9.17) is 5.11 Å². The Labute approximate surface area is 123 Å². The van der Waals surface area contributed by atoms with Crippen molar-refractivity contribution in [3.63, 3.8) is 0 Å². The van der Waals surface area contributed by atoms with E-state index in [2.05, 4.69) is 10.2 Å². The summed E-state index contributed by atoms with van der Waals surface area (Å²) in [5, 5.41) is 17.0. The summed E-state index contributed by atoms with van der Waals surface area (Å²) >= 11 is 0.958. The van der Waals surface area contributed by atoms with Crippen molar-refractivity contribution in [2.75, 3.05) is 5.75 Å². The number of hydrogen-bond acceptors (Lipinski definition) is 4. The second-order valence-electron chi connectivity index (χ2n) is 4.73. The lowest BCUT2D eigenvalue weighted by Crippen LogP contribution is -2.06. The fourth-order valence-corrected chi connectivity index (χ4v) is 2.67. The maximum absolute atomic E-state index is 14.0. The molecule has 0 aliphatic heterocycles. The van der Waals surface area contributed by atoms with Gasteiger partial charge in [0, 0.05) is 12.0 Å². The molecule has 0 radical (unpaired) electrons. The predicted octanol–water partition coefficient (Wildman–Crippen LogP) is 2.60. The lowest BCUT2D eigenvalue weighted by atomic mass is 10.2. The molecule has 1 aliphatic carbocycles. The summed E-state index contributed by atoms with van der Waals surface area (Å²) in [6.07, 6.45) is 1.87. The number of carboxylic acid groups (broad SMARTS) is 1. The van der Waals surface area contributed by atoms with Gasteiger partial charge in [0.25, 0.3) is 0 Å². The average Bonchev–Trinajstić information content (AvgIpc) is 3.18. The number of benzene rings is 1. The topological polar surface area (TPSA) is 68.0 Å². The zero-order chi connectivity index (χ0) is 15.0. The van der Waals surface area contributed by atoms with Gasteiger partial charge in [-0.1, -0.05) is 11.8 Å². The molecule has 1 aromatic carbocycles. The Morgan fingerprint density at radius 2 is 2.14 bits per heavy atom. The number of rotatable bonds is 5. The van der Waals surface area contributed by atoms with Crippen LogP contribution in [0.1, 0.15) is 24.6 Å². The summed E-state index contributed by atoms with van der Waals surface area (Å²) in [6, 6.07) is 3.25. The summed E-state index contributed by atoms with van der Waals surface area (Å²) in [4.78, 5) is 10.7. The van der Waals surface area contributed by atoms with Crippen LogP contribution in [-0.4, -0.2) is 31.6 Å². The van der Waals surface area contributed by atoms with Gasteiger partial charge in [-0.2, -0.15) is 0 Å². The van der Waals surface area contributed by atoms with Crippen LogP contribution in [0.25, 0.3) is 5.69 Å². The van der Waals surface area contributed by atoms with E-state index < -0.39 is 17.6 Å². The third-order valence-electron chi connectivity index (χ3n) is 3.08. The minimum Gasteiger partial charge on any atom is -0.481 e. The van der Waals surface area contributed by atoms with Crippen LogP contribution >= 0.6 is 11.8 Å². The standard InChI is InChI=1S/C13H11F2N3O2S/c14-8-3-4-10(9(15)5-8)18-12(7-1-2-7)16-17-13(18)21-6-11(19)20/h3-5,7H,1-2,6H2,(H,19,20). The normalized spacial score (nSPS) is 14.4. The zero-order valence-corrected chi connectivity index (χ0v) is 11.6. The molecule has 3 rings (SSSR count). The number of hydrogen-bond donors (Lipinski definition) is 1. The quantitative estimate of drug-likeness (QED) is 0.860. The molecule has 1 aromatic heterocycles. The molecule has 1 saturated carbocycles. The molecule has 0 unspecified atom stereocenters.